The molecule has 0 aliphatic heterocycles. The van der Waals surface area contributed by atoms with Gasteiger partial charge in [0.05, 0.1) is 17.9 Å². The molecule has 1 amide bonds. The van der Waals surface area contributed by atoms with Crippen LogP contribution in [0.4, 0.5) is 24.7 Å². The summed E-state index contributed by atoms with van der Waals surface area (Å²) in [7, 11) is 0. The Labute approximate surface area is 146 Å². The molecule has 0 atom stereocenters. The number of pyridine rings is 1. The Balaban J connectivity index is 1.65. The lowest BCUT2D eigenvalue weighted by molar-refractivity contribution is 0.0944. The van der Waals surface area contributed by atoms with E-state index in [0.717, 1.165) is 12.1 Å². The van der Waals surface area contributed by atoms with Crippen molar-refractivity contribution >= 4 is 17.4 Å². The predicted octanol–water partition coefficient (Wildman–Crippen LogP) is 2.96. The van der Waals surface area contributed by atoms with Crippen molar-refractivity contribution in [2.45, 2.75) is 6.54 Å². The number of benzene rings is 1. The van der Waals surface area contributed by atoms with E-state index in [0.29, 0.717) is 5.69 Å². The molecule has 0 spiro atoms. The zero-order chi connectivity index (χ0) is 18.5. The van der Waals surface area contributed by atoms with Gasteiger partial charge in [-0.15, -0.1) is 10.2 Å². The maximum atomic E-state index is 13.6. The second kappa shape index (κ2) is 7.60. The molecule has 0 bridgehead atoms. The highest BCUT2D eigenvalue weighted by Gasteiger charge is 2.14. The largest absolute Gasteiger partial charge is 0.345 e. The molecule has 3 aromatic rings. The molecular weight excluding hydrogens is 347 g/mol. The zero-order valence-corrected chi connectivity index (χ0v) is 13.2. The Hall–Kier alpha value is -3.49. The van der Waals surface area contributed by atoms with E-state index in [9.17, 15) is 18.0 Å². The van der Waals surface area contributed by atoms with Crippen LogP contribution in [-0.4, -0.2) is 21.1 Å². The van der Waals surface area contributed by atoms with E-state index in [1.807, 2.05) is 0 Å². The van der Waals surface area contributed by atoms with Gasteiger partial charge in [0.2, 0.25) is 0 Å². The Morgan fingerprint density at radius 1 is 0.962 bits per heavy atom. The SMILES string of the molecule is O=C(NCc1ccccn1)c1ccc(Nc2ccc(F)c(F)c2F)nn1. The number of aromatic nitrogens is 3. The highest BCUT2D eigenvalue weighted by atomic mass is 19.2. The van der Waals surface area contributed by atoms with Gasteiger partial charge in [0.25, 0.3) is 5.91 Å². The molecule has 2 aromatic heterocycles. The van der Waals surface area contributed by atoms with Gasteiger partial charge in [-0.2, -0.15) is 0 Å². The molecule has 26 heavy (non-hydrogen) atoms. The molecule has 0 aliphatic carbocycles. The topological polar surface area (TPSA) is 79.8 Å². The molecular formula is C17H12F3N5O. The van der Waals surface area contributed by atoms with Crippen molar-refractivity contribution in [3.63, 3.8) is 0 Å². The summed E-state index contributed by atoms with van der Waals surface area (Å²) >= 11 is 0. The van der Waals surface area contributed by atoms with E-state index in [1.165, 1.54) is 12.1 Å². The summed E-state index contributed by atoms with van der Waals surface area (Å²) in [6.45, 7) is 0.224. The molecule has 0 aliphatic rings. The van der Waals surface area contributed by atoms with Crippen LogP contribution in [0.15, 0.2) is 48.7 Å². The average Bonchev–Trinajstić information content (AvgIpc) is 2.68. The van der Waals surface area contributed by atoms with Crippen LogP contribution in [0.5, 0.6) is 0 Å². The van der Waals surface area contributed by atoms with Gasteiger partial charge in [-0.25, -0.2) is 13.2 Å². The van der Waals surface area contributed by atoms with E-state index in [1.54, 1.807) is 24.4 Å². The Bertz CT molecular complexity index is 920. The number of hydrogen-bond donors (Lipinski definition) is 2. The summed E-state index contributed by atoms with van der Waals surface area (Å²) in [5, 5.41) is 12.5. The van der Waals surface area contributed by atoms with Crippen molar-refractivity contribution in [2.24, 2.45) is 0 Å². The van der Waals surface area contributed by atoms with Crippen LogP contribution in [0.3, 0.4) is 0 Å². The van der Waals surface area contributed by atoms with Gasteiger partial charge >= 0.3 is 0 Å². The number of anilines is 2. The Kier molecular flexibility index (Phi) is 5.07. The molecule has 6 nitrogen and oxygen atoms in total. The van der Waals surface area contributed by atoms with Crippen molar-refractivity contribution in [3.05, 3.63) is 77.5 Å². The van der Waals surface area contributed by atoms with Crippen LogP contribution in [0.25, 0.3) is 0 Å². The van der Waals surface area contributed by atoms with Gasteiger partial charge < -0.3 is 10.6 Å². The fourth-order valence-electron chi connectivity index (χ4n) is 2.04. The maximum absolute atomic E-state index is 13.6. The number of amides is 1. The average molecular weight is 359 g/mol. The standard InChI is InChI=1S/C17H12F3N5O/c18-11-4-5-12(16(20)15(11)19)23-14-7-6-13(24-25-14)17(26)22-9-10-3-1-2-8-21-10/h1-8H,9H2,(H,22,26)(H,23,25). The van der Waals surface area contributed by atoms with Gasteiger partial charge in [0.15, 0.2) is 29.0 Å². The smallest absolute Gasteiger partial charge is 0.272 e. The maximum Gasteiger partial charge on any atom is 0.272 e. The summed E-state index contributed by atoms with van der Waals surface area (Å²) in [5.74, 6) is -4.65. The molecule has 0 saturated heterocycles. The lowest BCUT2D eigenvalue weighted by atomic mass is 10.2. The number of rotatable bonds is 5. The van der Waals surface area contributed by atoms with Gasteiger partial charge in [-0.3, -0.25) is 9.78 Å². The molecule has 9 heteroatoms. The molecule has 2 N–H and O–H groups in total. The lowest BCUT2D eigenvalue weighted by Gasteiger charge is -2.08. The molecule has 0 fully saturated rings. The molecule has 0 saturated carbocycles. The normalized spacial score (nSPS) is 10.4. The van der Waals surface area contributed by atoms with Gasteiger partial charge in [-0.1, -0.05) is 6.07 Å². The summed E-state index contributed by atoms with van der Waals surface area (Å²) in [6, 6.07) is 9.86. The second-order valence-electron chi connectivity index (χ2n) is 5.16. The number of carbonyl (C=O) groups excluding carboxylic acids is 1. The minimum absolute atomic E-state index is 0.0391. The van der Waals surface area contributed by atoms with E-state index in [4.69, 9.17) is 0 Å². The first-order chi connectivity index (χ1) is 12.5. The van der Waals surface area contributed by atoms with Crippen LogP contribution in [0, 0.1) is 17.5 Å². The molecule has 0 radical (unpaired) electrons. The van der Waals surface area contributed by atoms with Crippen LogP contribution in [0.2, 0.25) is 0 Å². The zero-order valence-electron chi connectivity index (χ0n) is 13.2. The first-order valence-electron chi connectivity index (χ1n) is 7.47. The van der Waals surface area contributed by atoms with Crippen molar-refractivity contribution in [2.75, 3.05) is 5.32 Å². The van der Waals surface area contributed by atoms with Gasteiger partial charge in [-0.05, 0) is 36.4 Å². The van der Waals surface area contributed by atoms with Crippen LogP contribution in [0.1, 0.15) is 16.2 Å². The van der Waals surface area contributed by atoms with Crippen molar-refractivity contribution in [3.8, 4) is 0 Å². The van der Waals surface area contributed by atoms with Crippen molar-refractivity contribution < 1.29 is 18.0 Å². The van der Waals surface area contributed by atoms with Crippen LogP contribution >= 0.6 is 0 Å². The lowest BCUT2D eigenvalue weighted by Crippen LogP contribution is -2.24. The van der Waals surface area contributed by atoms with E-state index in [-0.39, 0.29) is 23.7 Å². The van der Waals surface area contributed by atoms with Crippen LogP contribution in [-0.2, 0) is 6.54 Å². The summed E-state index contributed by atoms with van der Waals surface area (Å²) in [6.07, 6.45) is 1.61. The third-order valence-electron chi connectivity index (χ3n) is 3.35. The predicted molar refractivity (Wildman–Crippen MR) is 87.0 cm³/mol. The number of hydrogen-bond acceptors (Lipinski definition) is 5. The molecule has 1 aromatic carbocycles. The Morgan fingerprint density at radius 2 is 1.81 bits per heavy atom. The quantitative estimate of drug-likeness (QED) is 0.685. The van der Waals surface area contributed by atoms with Crippen molar-refractivity contribution in [1.29, 1.82) is 0 Å². The third kappa shape index (κ3) is 3.94. The first kappa shape index (κ1) is 17.3. The summed E-state index contributed by atoms with van der Waals surface area (Å²) < 4.78 is 39.7. The van der Waals surface area contributed by atoms with Crippen molar-refractivity contribution in [1.82, 2.24) is 20.5 Å². The molecule has 132 valence electrons. The monoisotopic (exact) mass is 359 g/mol. The Morgan fingerprint density at radius 3 is 2.50 bits per heavy atom. The number of halogens is 3. The first-order valence-corrected chi connectivity index (χ1v) is 7.47. The number of nitrogens with one attached hydrogen (secondary N) is 2. The summed E-state index contributed by atoms with van der Waals surface area (Å²) in [4.78, 5) is 16.1. The van der Waals surface area contributed by atoms with E-state index in [2.05, 4.69) is 25.8 Å². The van der Waals surface area contributed by atoms with Gasteiger partial charge in [0, 0.05) is 6.20 Å². The van der Waals surface area contributed by atoms with E-state index >= 15 is 0 Å². The highest BCUT2D eigenvalue weighted by molar-refractivity contribution is 5.92. The number of nitrogens with zero attached hydrogens (tertiary/aromatic N) is 3. The fourth-order valence-corrected chi connectivity index (χ4v) is 2.04. The minimum Gasteiger partial charge on any atom is -0.345 e. The van der Waals surface area contributed by atoms with Gasteiger partial charge in [0.1, 0.15) is 0 Å². The van der Waals surface area contributed by atoms with E-state index < -0.39 is 23.4 Å². The minimum atomic E-state index is -1.59. The number of carbonyl (C=O) groups is 1. The molecule has 0 unspecified atom stereocenters. The second-order valence-corrected chi connectivity index (χ2v) is 5.16. The molecule has 2 heterocycles. The summed E-state index contributed by atoms with van der Waals surface area (Å²) in [5.41, 5.74) is 0.420. The highest BCUT2D eigenvalue weighted by Crippen LogP contribution is 2.22. The molecule has 3 rings (SSSR count). The third-order valence-corrected chi connectivity index (χ3v) is 3.35. The van der Waals surface area contributed by atoms with Crippen LogP contribution < -0.4 is 10.6 Å². The fraction of sp³-hybridized carbons (Fsp3) is 0.0588.